The molecule has 1 aromatic heterocycles. The maximum Gasteiger partial charge on any atom is 0.251 e. The zero-order valence-electron chi connectivity index (χ0n) is 9.71. The molecule has 6 nitrogen and oxygen atoms in total. The van der Waals surface area contributed by atoms with Gasteiger partial charge >= 0.3 is 0 Å². The van der Waals surface area contributed by atoms with Gasteiger partial charge in [-0.15, -0.1) is 0 Å². The van der Waals surface area contributed by atoms with E-state index in [0.29, 0.717) is 16.9 Å². The van der Waals surface area contributed by atoms with Crippen molar-refractivity contribution in [3.05, 3.63) is 42.0 Å². The fourth-order valence-electron chi connectivity index (χ4n) is 1.64. The minimum Gasteiger partial charge on any atom is -0.397 e. The molecule has 6 heteroatoms. The van der Waals surface area contributed by atoms with Gasteiger partial charge in [0.2, 0.25) is 5.82 Å². The SMILES string of the molecule is CNC(=O)c1ccc(-n2ccnc2C#N)c(N)c1. The minimum absolute atomic E-state index is 0.209. The molecule has 0 saturated heterocycles. The summed E-state index contributed by atoms with van der Waals surface area (Å²) >= 11 is 0. The molecule has 18 heavy (non-hydrogen) atoms. The number of hydrogen-bond donors (Lipinski definition) is 2. The minimum atomic E-state index is -0.209. The third-order valence-electron chi connectivity index (χ3n) is 2.52. The summed E-state index contributed by atoms with van der Waals surface area (Å²) in [6.07, 6.45) is 3.16. The summed E-state index contributed by atoms with van der Waals surface area (Å²) in [7, 11) is 1.55. The molecule has 2 rings (SSSR count). The number of nitrogens with one attached hydrogen (secondary N) is 1. The van der Waals surface area contributed by atoms with Crippen molar-refractivity contribution in [3.63, 3.8) is 0 Å². The van der Waals surface area contributed by atoms with Crippen molar-refractivity contribution >= 4 is 11.6 Å². The maximum absolute atomic E-state index is 11.4. The van der Waals surface area contributed by atoms with E-state index < -0.39 is 0 Å². The number of imidazole rings is 1. The zero-order chi connectivity index (χ0) is 13.1. The van der Waals surface area contributed by atoms with E-state index in [4.69, 9.17) is 11.0 Å². The molecule has 0 aliphatic rings. The van der Waals surface area contributed by atoms with Crippen molar-refractivity contribution in [1.29, 1.82) is 5.26 Å². The lowest BCUT2D eigenvalue weighted by molar-refractivity contribution is 0.0963. The van der Waals surface area contributed by atoms with Gasteiger partial charge in [0.15, 0.2) is 0 Å². The summed E-state index contributed by atoms with van der Waals surface area (Å²) in [4.78, 5) is 15.3. The van der Waals surface area contributed by atoms with Crippen LogP contribution in [-0.4, -0.2) is 22.5 Å². The standard InChI is InChI=1S/C12H11N5O/c1-15-12(18)8-2-3-10(9(14)6-8)17-5-4-16-11(17)7-13/h2-6H,14H2,1H3,(H,15,18). The van der Waals surface area contributed by atoms with Crippen LogP contribution in [-0.2, 0) is 0 Å². The molecule has 2 aromatic rings. The van der Waals surface area contributed by atoms with Crippen LogP contribution in [0.3, 0.4) is 0 Å². The Kier molecular flexibility index (Phi) is 2.98. The smallest absolute Gasteiger partial charge is 0.251 e. The van der Waals surface area contributed by atoms with Crippen molar-refractivity contribution in [2.24, 2.45) is 0 Å². The molecule has 1 heterocycles. The van der Waals surface area contributed by atoms with E-state index in [-0.39, 0.29) is 11.7 Å². The molecule has 0 saturated carbocycles. The first-order valence-electron chi connectivity index (χ1n) is 5.22. The van der Waals surface area contributed by atoms with Crippen LogP contribution in [0.5, 0.6) is 0 Å². The lowest BCUT2D eigenvalue weighted by Gasteiger charge is -2.09. The van der Waals surface area contributed by atoms with Crippen LogP contribution in [0.1, 0.15) is 16.2 Å². The number of hydrogen-bond acceptors (Lipinski definition) is 4. The van der Waals surface area contributed by atoms with E-state index in [1.54, 1.807) is 36.0 Å². The summed E-state index contributed by atoms with van der Waals surface area (Å²) in [6.45, 7) is 0. The van der Waals surface area contributed by atoms with Gasteiger partial charge in [0.05, 0.1) is 11.4 Å². The molecule has 1 aromatic carbocycles. The monoisotopic (exact) mass is 241 g/mol. The molecule has 0 atom stereocenters. The van der Waals surface area contributed by atoms with E-state index in [1.807, 2.05) is 6.07 Å². The summed E-state index contributed by atoms with van der Waals surface area (Å²) in [5.74, 6) is 0.0359. The van der Waals surface area contributed by atoms with Crippen LogP contribution >= 0.6 is 0 Å². The second-order valence-corrected chi connectivity index (χ2v) is 3.59. The maximum atomic E-state index is 11.4. The van der Waals surface area contributed by atoms with Gasteiger partial charge in [-0.3, -0.25) is 9.36 Å². The number of nitrogen functional groups attached to an aromatic ring is 1. The Labute approximate surface area is 104 Å². The van der Waals surface area contributed by atoms with Gasteiger partial charge < -0.3 is 11.1 Å². The van der Waals surface area contributed by atoms with Crippen LogP contribution in [0, 0.1) is 11.3 Å². The molecule has 3 N–H and O–H groups in total. The second kappa shape index (κ2) is 4.59. The summed E-state index contributed by atoms with van der Waals surface area (Å²) in [5, 5.41) is 11.4. The third kappa shape index (κ3) is 1.89. The van der Waals surface area contributed by atoms with Gasteiger partial charge in [-0.05, 0) is 18.2 Å². The van der Waals surface area contributed by atoms with E-state index >= 15 is 0 Å². The van der Waals surface area contributed by atoms with Gasteiger partial charge in [-0.25, -0.2) is 4.98 Å². The van der Waals surface area contributed by atoms with Crippen molar-refractivity contribution in [2.45, 2.75) is 0 Å². The lowest BCUT2D eigenvalue weighted by Crippen LogP contribution is -2.18. The molecule has 0 radical (unpaired) electrons. The molecular weight excluding hydrogens is 230 g/mol. The predicted molar refractivity (Wildman–Crippen MR) is 66.1 cm³/mol. The van der Waals surface area contributed by atoms with Crippen molar-refractivity contribution < 1.29 is 4.79 Å². The fourth-order valence-corrected chi connectivity index (χ4v) is 1.64. The molecule has 0 fully saturated rings. The van der Waals surface area contributed by atoms with Gasteiger partial charge in [0.25, 0.3) is 5.91 Å². The first-order valence-corrected chi connectivity index (χ1v) is 5.22. The number of carbonyl (C=O) groups is 1. The van der Waals surface area contributed by atoms with E-state index in [0.717, 1.165) is 0 Å². The Balaban J connectivity index is 2.49. The molecule has 0 unspecified atom stereocenters. The number of nitrogens with two attached hydrogens (primary N) is 1. The summed E-state index contributed by atoms with van der Waals surface area (Å²) in [5.41, 5.74) is 7.39. The largest absolute Gasteiger partial charge is 0.397 e. The third-order valence-corrected chi connectivity index (χ3v) is 2.52. The van der Waals surface area contributed by atoms with Crippen LogP contribution in [0.15, 0.2) is 30.6 Å². The quantitative estimate of drug-likeness (QED) is 0.756. The van der Waals surface area contributed by atoms with E-state index in [9.17, 15) is 4.79 Å². The van der Waals surface area contributed by atoms with Crippen LogP contribution in [0.4, 0.5) is 5.69 Å². The highest BCUT2D eigenvalue weighted by Crippen LogP contribution is 2.20. The second-order valence-electron chi connectivity index (χ2n) is 3.59. The summed E-state index contributed by atoms with van der Waals surface area (Å²) in [6, 6.07) is 6.86. The average molecular weight is 241 g/mol. The predicted octanol–water partition coefficient (Wildman–Crippen LogP) is 0.686. The molecule has 0 aliphatic heterocycles. The Hall–Kier alpha value is -2.81. The van der Waals surface area contributed by atoms with Gasteiger partial charge in [-0.2, -0.15) is 5.26 Å². The molecular formula is C12H11N5O. The number of benzene rings is 1. The number of carbonyl (C=O) groups excluding carboxylic acids is 1. The van der Waals surface area contributed by atoms with Crippen LogP contribution < -0.4 is 11.1 Å². The van der Waals surface area contributed by atoms with Gasteiger partial charge in [0.1, 0.15) is 6.07 Å². The van der Waals surface area contributed by atoms with Crippen LogP contribution in [0.25, 0.3) is 5.69 Å². The Morgan fingerprint density at radius 1 is 1.56 bits per heavy atom. The molecule has 0 bridgehead atoms. The van der Waals surface area contributed by atoms with Crippen LogP contribution in [0.2, 0.25) is 0 Å². The number of amides is 1. The number of anilines is 1. The van der Waals surface area contributed by atoms with Crippen molar-refractivity contribution in [2.75, 3.05) is 12.8 Å². The molecule has 0 aliphatic carbocycles. The topological polar surface area (TPSA) is 96.7 Å². The zero-order valence-corrected chi connectivity index (χ0v) is 9.71. The first kappa shape index (κ1) is 11.7. The van der Waals surface area contributed by atoms with E-state index in [1.165, 1.54) is 6.20 Å². The summed E-state index contributed by atoms with van der Waals surface area (Å²) < 4.78 is 1.57. The Bertz CT molecular complexity index is 638. The van der Waals surface area contributed by atoms with Gasteiger partial charge in [-0.1, -0.05) is 0 Å². The molecule has 0 spiro atoms. The number of nitriles is 1. The fraction of sp³-hybridized carbons (Fsp3) is 0.0833. The van der Waals surface area contributed by atoms with Gasteiger partial charge in [0, 0.05) is 25.0 Å². The average Bonchev–Trinajstić information content (AvgIpc) is 2.85. The number of aromatic nitrogens is 2. The molecule has 1 amide bonds. The highest BCUT2D eigenvalue weighted by Gasteiger charge is 2.10. The van der Waals surface area contributed by atoms with E-state index in [2.05, 4.69) is 10.3 Å². The lowest BCUT2D eigenvalue weighted by atomic mass is 10.1. The highest BCUT2D eigenvalue weighted by atomic mass is 16.1. The highest BCUT2D eigenvalue weighted by molar-refractivity contribution is 5.95. The normalized spacial score (nSPS) is 9.78. The Morgan fingerprint density at radius 2 is 2.33 bits per heavy atom. The first-order chi connectivity index (χ1) is 8.67. The Morgan fingerprint density at radius 3 is 2.94 bits per heavy atom. The number of rotatable bonds is 2. The van der Waals surface area contributed by atoms with Crippen molar-refractivity contribution in [3.8, 4) is 11.8 Å². The van der Waals surface area contributed by atoms with Crippen molar-refractivity contribution in [1.82, 2.24) is 14.9 Å². The number of nitrogens with zero attached hydrogens (tertiary/aromatic N) is 3. The molecule has 90 valence electrons.